The van der Waals surface area contributed by atoms with Crippen molar-refractivity contribution in [2.75, 3.05) is 11.9 Å². The lowest BCUT2D eigenvalue weighted by Crippen LogP contribution is -2.31. The van der Waals surface area contributed by atoms with Crippen molar-refractivity contribution in [3.05, 3.63) is 48.5 Å². The summed E-state index contributed by atoms with van der Waals surface area (Å²) >= 11 is 0. The molecular formula is C12H16N3+. The number of anilines is 1. The average Bonchev–Trinajstić information content (AvgIpc) is 2.66. The number of rotatable bonds is 4. The molecule has 1 aromatic heterocycles. The number of hydrogen-bond donors (Lipinski definition) is 2. The van der Waals surface area contributed by atoms with Crippen molar-refractivity contribution in [3.8, 4) is 0 Å². The van der Waals surface area contributed by atoms with Crippen LogP contribution in [0, 0.1) is 0 Å². The highest BCUT2D eigenvalue weighted by Gasteiger charge is 2.04. The molecular weight excluding hydrogens is 186 g/mol. The second-order valence-corrected chi connectivity index (χ2v) is 3.56. The smallest absolute Gasteiger partial charge is 0.255 e. The number of nitrogens with one attached hydrogen (secondary N) is 2. The second kappa shape index (κ2) is 4.64. The highest BCUT2D eigenvalue weighted by molar-refractivity contribution is 5.42. The van der Waals surface area contributed by atoms with E-state index in [1.54, 1.807) is 0 Å². The molecule has 3 nitrogen and oxygen atoms in total. The molecule has 3 heteroatoms. The minimum Gasteiger partial charge on any atom is -0.384 e. The molecule has 0 aliphatic heterocycles. The number of nitrogens with zero attached hydrogens (tertiary/aromatic N) is 1. The number of para-hydroxylation sites is 1. The standard InChI is InChI=1S/C12H15N3/c1-15-10-9-14-12(15)7-8-13-11-5-3-2-4-6-11/h2-6,9-10,13H,7-8H2,1H3/p+1. The molecule has 15 heavy (non-hydrogen) atoms. The normalized spacial score (nSPS) is 10.2. The highest BCUT2D eigenvalue weighted by Crippen LogP contribution is 2.04. The molecule has 0 aliphatic carbocycles. The van der Waals surface area contributed by atoms with Crippen LogP contribution in [0.25, 0.3) is 0 Å². The van der Waals surface area contributed by atoms with Gasteiger partial charge in [-0.25, -0.2) is 9.55 Å². The van der Waals surface area contributed by atoms with Crippen LogP contribution in [-0.2, 0) is 13.5 Å². The molecule has 0 fully saturated rings. The van der Waals surface area contributed by atoms with E-state index in [4.69, 9.17) is 0 Å². The summed E-state index contributed by atoms with van der Waals surface area (Å²) < 4.78 is 2.10. The summed E-state index contributed by atoms with van der Waals surface area (Å²) in [4.78, 5) is 3.21. The number of aromatic nitrogens is 2. The molecule has 0 amide bonds. The van der Waals surface area contributed by atoms with Gasteiger partial charge in [0.2, 0.25) is 0 Å². The summed E-state index contributed by atoms with van der Waals surface area (Å²) in [6.45, 7) is 0.943. The fourth-order valence-electron chi connectivity index (χ4n) is 1.57. The highest BCUT2D eigenvalue weighted by atomic mass is 15.0. The molecule has 2 N–H and O–H groups in total. The molecule has 0 radical (unpaired) electrons. The van der Waals surface area contributed by atoms with Gasteiger partial charge in [0.25, 0.3) is 5.82 Å². The topological polar surface area (TPSA) is 31.7 Å². The summed E-state index contributed by atoms with van der Waals surface area (Å²) in [6.07, 6.45) is 4.98. The predicted octanol–water partition coefficient (Wildman–Crippen LogP) is 1.49. The first-order chi connectivity index (χ1) is 7.36. The van der Waals surface area contributed by atoms with Crippen molar-refractivity contribution in [1.82, 2.24) is 4.98 Å². The van der Waals surface area contributed by atoms with Gasteiger partial charge in [0, 0.05) is 12.2 Å². The zero-order chi connectivity index (χ0) is 10.5. The summed E-state index contributed by atoms with van der Waals surface area (Å²) in [5, 5.41) is 3.38. The quantitative estimate of drug-likeness (QED) is 0.723. The van der Waals surface area contributed by atoms with E-state index in [2.05, 4.69) is 27.0 Å². The Kier molecular flexibility index (Phi) is 3.02. The van der Waals surface area contributed by atoms with Gasteiger partial charge in [0.05, 0.1) is 13.5 Å². The zero-order valence-corrected chi connectivity index (χ0v) is 8.90. The van der Waals surface area contributed by atoms with Crippen LogP contribution in [0.15, 0.2) is 42.7 Å². The van der Waals surface area contributed by atoms with Crippen LogP contribution in [0.1, 0.15) is 5.82 Å². The van der Waals surface area contributed by atoms with E-state index in [9.17, 15) is 0 Å². The van der Waals surface area contributed by atoms with Crippen molar-refractivity contribution in [2.24, 2.45) is 7.05 Å². The van der Waals surface area contributed by atoms with Gasteiger partial charge in [-0.05, 0) is 12.1 Å². The molecule has 1 heterocycles. The molecule has 0 spiro atoms. The van der Waals surface area contributed by atoms with E-state index in [0.717, 1.165) is 13.0 Å². The van der Waals surface area contributed by atoms with E-state index in [0.29, 0.717) is 0 Å². The largest absolute Gasteiger partial charge is 0.384 e. The van der Waals surface area contributed by atoms with Crippen LogP contribution >= 0.6 is 0 Å². The van der Waals surface area contributed by atoms with Crippen LogP contribution in [0.5, 0.6) is 0 Å². The Labute approximate surface area is 89.8 Å². The SMILES string of the molecule is C[n+]1cc[nH]c1CCNc1ccccc1. The molecule has 0 aliphatic rings. The Morgan fingerprint density at radius 1 is 1.27 bits per heavy atom. The Morgan fingerprint density at radius 2 is 2.07 bits per heavy atom. The second-order valence-electron chi connectivity index (χ2n) is 3.56. The monoisotopic (exact) mass is 202 g/mol. The predicted molar refractivity (Wildman–Crippen MR) is 60.6 cm³/mol. The van der Waals surface area contributed by atoms with Crippen molar-refractivity contribution in [3.63, 3.8) is 0 Å². The fraction of sp³-hybridized carbons (Fsp3) is 0.250. The third-order valence-electron chi connectivity index (χ3n) is 2.44. The number of imidazole rings is 1. The third-order valence-corrected chi connectivity index (χ3v) is 2.44. The first-order valence-corrected chi connectivity index (χ1v) is 5.17. The van der Waals surface area contributed by atoms with E-state index < -0.39 is 0 Å². The molecule has 0 atom stereocenters. The lowest BCUT2D eigenvalue weighted by molar-refractivity contribution is -0.677. The van der Waals surface area contributed by atoms with Crippen molar-refractivity contribution in [1.29, 1.82) is 0 Å². The van der Waals surface area contributed by atoms with Crippen LogP contribution in [0.3, 0.4) is 0 Å². The van der Waals surface area contributed by atoms with Crippen LogP contribution < -0.4 is 9.88 Å². The van der Waals surface area contributed by atoms with E-state index >= 15 is 0 Å². The van der Waals surface area contributed by atoms with Gasteiger partial charge in [-0.3, -0.25) is 0 Å². The average molecular weight is 202 g/mol. The molecule has 78 valence electrons. The van der Waals surface area contributed by atoms with Crippen molar-refractivity contribution >= 4 is 5.69 Å². The number of hydrogen-bond acceptors (Lipinski definition) is 1. The maximum Gasteiger partial charge on any atom is 0.255 e. The summed E-state index contributed by atoms with van der Waals surface area (Å²) in [6, 6.07) is 10.3. The third kappa shape index (κ3) is 2.59. The number of H-pyrrole nitrogens is 1. The lowest BCUT2D eigenvalue weighted by Gasteiger charge is -2.03. The maximum absolute atomic E-state index is 3.38. The van der Waals surface area contributed by atoms with Crippen LogP contribution in [0.2, 0.25) is 0 Å². The molecule has 2 aromatic rings. The van der Waals surface area contributed by atoms with Gasteiger partial charge in [-0.1, -0.05) is 18.2 Å². The molecule has 1 aromatic carbocycles. The molecule has 0 saturated carbocycles. The van der Waals surface area contributed by atoms with Gasteiger partial charge < -0.3 is 5.32 Å². The van der Waals surface area contributed by atoms with Gasteiger partial charge >= 0.3 is 0 Å². The molecule has 0 unspecified atom stereocenters. The van der Waals surface area contributed by atoms with Gasteiger partial charge in [0.1, 0.15) is 12.4 Å². The zero-order valence-electron chi connectivity index (χ0n) is 8.90. The van der Waals surface area contributed by atoms with Crippen molar-refractivity contribution < 1.29 is 4.57 Å². The van der Waals surface area contributed by atoms with Gasteiger partial charge in [-0.2, -0.15) is 0 Å². The summed E-state index contributed by atoms with van der Waals surface area (Å²) in [7, 11) is 2.05. The molecule has 0 bridgehead atoms. The Morgan fingerprint density at radius 3 is 2.73 bits per heavy atom. The van der Waals surface area contributed by atoms with Gasteiger partial charge in [-0.15, -0.1) is 0 Å². The van der Waals surface area contributed by atoms with E-state index in [-0.39, 0.29) is 0 Å². The Bertz CT molecular complexity index is 406. The van der Waals surface area contributed by atoms with Crippen LogP contribution in [-0.4, -0.2) is 11.5 Å². The number of aryl methyl sites for hydroxylation is 1. The minimum absolute atomic E-state index is 0.943. The van der Waals surface area contributed by atoms with Gasteiger partial charge in [0.15, 0.2) is 0 Å². The molecule has 2 rings (SSSR count). The number of benzene rings is 1. The maximum atomic E-state index is 3.38. The van der Waals surface area contributed by atoms with E-state index in [1.807, 2.05) is 37.6 Å². The Balaban J connectivity index is 1.83. The Hall–Kier alpha value is -1.77. The molecule has 0 saturated heterocycles. The fourth-order valence-corrected chi connectivity index (χ4v) is 1.57. The van der Waals surface area contributed by atoms with Crippen LogP contribution in [0.4, 0.5) is 5.69 Å². The number of aromatic amines is 1. The van der Waals surface area contributed by atoms with Crippen molar-refractivity contribution in [2.45, 2.75) is 6.42 Å². The minimum atomic E-state index is 0.943. The summed E-state index contributed by atoms with van der Waals surface area (Å²) in [5.74, 6) is 1.23. The first kappa shape index (κ1) is 9.77. The lowest BCUT2D eigenvalue weighted by atomic mass is 10.3. The van der Waals surface area contributed by atoms with E-state index in [1.165, 1.54) is 11.5 Å². The first-order valence-electron chi connectivity index (χ1n) is 5.17. The summed E-state index contributed by atoms with van der Waals surface area (Å²) in [5.41, 5.74) is 1.17.